The van der Waals surface area contributed by atoms with Gasteiger partial charge in [0, 0.05) is 24.8 Å². The van der Waals surface area contributed by atoms with Crippen molar-refractivity contribution in [2.24, 2.45) is 5.73 Å². The molecule has 0 saturated carbocycles. The van der Waals surface area contributed by atoms with E-state index in [1.54, 1.807) is 55.5 Å². The maximum atomic E-state index is 15.4. The first-order valence-corrected chi connectivity index (χ1v) is 11.0. The Morgan fingerprint density at radius 3 is 2.36 bits per heavy atom. The average molecular weight is 520 g/mol. The number of nitrogens with two attached hydrogens (primary N) is 1. The third-order valence-corrected chi connectivity index (χ3v) is 5.00. The topological polar surface area (TPSA) is 107 Å². The standard InChI is InChI=1S/C26H27F2N3O4.ClH/c1-3-33-18-6-5-7-19(14-18)35-21-13-12-20(27)22(23(21)28)24(34-4-2)26(32)31-15-16-8-10-17(11-9-16)25(29)30;/h5-14,24H,3-4,15H2,1-2H3,(H3,29,30)(H,31,32);1H/t24-;/m0./s1. The zero-order valence-corrected chi connectivity index (χ0v) is 20.7. The minimum atomic E-state index is -1.53. The van der Waals surface area contributed by atoms with E-state index in [2.05, 4.69) is 5.32 Å². The molecule has 4 N–H and O–H groups in total. The molecule has 192 valence electrons. The molecule has 0 saturated heterocycles. The quantitative estimate of drug-likeness (QED) is 0.237. The molecule has 1 amide bonds. The number of carbonyl (C=O) groups is 1. The molecule has 0 heterocycles. The molecule has 3 aromatic carbocycles. The van der Waals surface area contributed by atoms with Gasteiger partial charge in [-0.25, -0.2) is 8.78 Å². The second-order valence-electron chi connectivity index (χ2n) is 7.45. The lowest BCUT2D eigenvalue weighted by molar-refractivity contribution is -0.133. The number of hydrogen-bond donors (Lipinski definition) is 3. The van der Waals surface area contributed by atoms with E-state index < -0.39 is 29.2 Å². The number of halogens is 3. The van der Waals surface area contributed by atoms with Crippen molar-refractivity contribution >= 4 is 24.1 Å². The van der Waals surface area contributed by atoms with Crippen LogP contribution >= 0.6 is 12.4 Å². The normalized spacial score (nSPS) is 11.2. The van der Waals surface area contributed by atoms with E-state index in [0.29, 0.717) is 29.2 Å². The zero-order valence-electron chi connectivity index (χ0n) is 19.8. The van der Waals surface area contributed by atoms with Gasteiger partial charge in [0.1, 0.15) is 23.2 Å². The largest absolute Gasteiger partial charge is 0.494 e. The van der Waals surface area contributed by atoms with Gasteiger partial charge in [0.05, 0.1) is 12.2 Å². The number of hydrogen-bond acceptors (Lipinski definition) is 5. The second kappa shape index (κ2) is 13.4. The van der Waals surface area contributed by atoms with E-state index in [-0.39, 0.29) is 37.1 Å². The van der Waals surface area contributed by atoms with Crippen LogP contribution in [0.5, 0.6) is 17.2 Å². The van der Waals surface area contributed by atoms with Gasteiger partial charge in [0.25, 0.3) is 5.91 Å². The Bertz CT molecular complexity index is 1190. The summed E-state index contributed by atoms with van der Waals surface area (Å²) in [5.41, 5.74) is 6.15. The lowest BCUT2D eigenvalue weighted by Crippen LogP contribution is -2.31. The number of nitrogens with one attached hydrogen (secondary N) is 2. The van der Waals surface area contributed by atoms with Crippen molar-refractivity contribution in [3.8, 4) is 17.2 Å². The Hall–Kier alpha value is -3.69. The molecule has 0 bridgehead atoms. The number of nitrogen functional groups attached to an aromatic ring is 1. The molecule has 3 aromatic rings. The Kier molecular flexibility index (Phi) is 10.6. The molecule has 3 rings (SSSR count). The fraction of sp³-hybridized carbons (Fsp3) is 0.231. The van der Waals surface area contributed by atoms with Crippen LogP contribution in [0, 0.1) is 17.0 Å². The summed E-state index contributed by atoms with van der Waals surface area (Å²) >= 11 is 0. The van der Waals surface area contributed by atoms with Crippen molar-refractivity contribution in [3.05, 3.63) is 89.0 Å². The highest BCUT2D eigenvalue weighted by Crippen LogP contribution is 2.34. The van der Waals surface area contributed by atoms with Gasteiger partial charge in [-0.2, -0.15) is 0 Å². The van der Waals surface area contributed by atoms with Crippen molar-refractivity contribution in [2.45, 2.75) is 26.5 Å². The first-order chi connectivity index (χ1) is 16.8. The molecule has 0 aliphatic heterocycles. The van der Waals surface area contributed by atoms with Crippen LogP contribution in [0.25, 0.3) is 0 Å². The van der Waals surface area contributed by atoms with Gasteiger partial charge in [-0.1, -0.05) is 30.3 Å². The summed E-state index contributed by atoms with van der Waals surface area (Å²) in [5.74, 6) is -2.18. The minimum absolute atomic E-state index is 0. The molecular weight excluding hydrogens is 492 g/mol. The van der Waals surface area contributed by atoms with Crippen molar-refractivity contribution in [2.75, 3.05) is 13.2 Å². The van der Waals surface area contributed by atoms with Crippen LogP contribution in [0.15, 0.2) is 60.7 Å². The Morgan fingerprint density at radius 2 is 1.72 bits per heavy atom. The molecular formula is C26H28ClF2N3O4. The Balaban J connectivity index is 0.00000456. The molecule has 0 unspecified atom stereocenters. The van der Waals surface area contributed by atoms with Crippen LogP contribution in [0.4, 0.5) is 8.78 Å². The van der Waals surface area contributed by atoms with Crippen LogP contribution in [0.2, 0.25) is 0 Å². The van der Waals surface area contributed by atoms with Crippen LogP contribution in [0.3, 0.4) is 0 Å². The third kappa shape index (κ3) is 7.16. The van der Waals surface area contributed by atoms with E-state index >= 15 is 4.39 Å². The lowest BCUT2D eigenvalue weighted by atomic mass is 10.1. The molecule has 0 aromatic heterocycles. The van der Waals surface area contributed by atoms with Gasteiger partial charge in [0.15, 0.2) is 17.7 Å². The molecule has 0 radical (unpaired) electrons. The highest BCUT2D eigenvalue weighted by Gasteiger charge is 2.30. The number of rotatable bonds is 11. The monoisotopic (exact) mass is 519 g/mol. The average Bonchev–Trinajstić information content (AvgIpc) is 2.84. The Labute approximate surface area is 214 Å². The SMILES string of the molecule is CCOc1cccc(Oc2ccc(F)c([C@H](OCC)C(=O)NCc3ccc(C(=N)N)cc3)c2F)c1.Cl. The van der Waals surface area contributed by atoms with Crippen LogP contribution in [-0.2, 0) is 16.1 Å². The summed E-state index contributed by atoms with van der Waals surface area (Å²) < 4.78 is 46.6. The molecule has 0 fully saturated rings. The fourth-order valence-electron chi connectivity index (χ4n) is 3.33. The smallest absolute Gasteiger partial charge is 0.254 e. The molecule has 0 spiro atoms. The van der Waals surface area contributed by atoms with E-state index in [0.717, 1.165) is 12.1 Å². The van der Waals surface area contributed by atoms with Crippen LogP contribution < -0.4 is 20.5 Å². The molecule has 1 atom stereocenters. The molecule has 10 heteroatoms. The van der Waals surface area contributed by atoms with E-state index in [4.69, 9.17) is 25.4 Å². The second-order valence-corrected chi connectivity index (χ2v) is 7.45. The van der Waals surface area contributed by atoms with Crippen molar-refractivity contribution < 1.29 is 27.8 Å². The van der Waals surface area contributed by atoms with Crippen molar-refractivity contribution in [1.82, 2.24) is 5.32 Å². The van der Waals surface area contributed by atoms with Crippen LogP contribution in [-0.4, -0.2) is 25.0 Å². The number of ether oxygens (including phenoxy) is 3. The first-order valence-electron chi connectivity index (χ1n) is 11.0. The Morgan fingerprint density at radius 1 is 1.03 bits per heavy atom. The molecule has 0 aliphatic rings. The maximum absolute atomic E-state index is 15.4. The third-order valence-electron chi connectivity index (χ3n) is 5.00. The van der Waals surface area contributed by atoms with Crippen molar-refractivity contribution in [1.29, 1.82) is 5.41 Å². The van der Waals surface area contributed by atoms with Gasteiger partial charge < -0.3 is 25.3 Å². The summed E-state index contributed by atoms with van der Waals surface area (Å²) in [7, 11) is 0. The number of amides is 1. The van der Waals surface area contributed by atoms with Crippen LogP contribution in [0.1, 0.15) is 36.6 Å². The number of amidine groups is 1. The predicted octanol–water partition coefficient (Wildman–Crippen LogP) is 5.26. The first kappa shape index (κ1) is 28.5. The summed E-state index contributed by atoms with van der Waals surface area (Å²) in [6, 6.07) is 15.4. The number of carbonyl (C=O) groups excluding carboxylic acids is 1. The van der Waals surface area contributed by atoms with E-state index in [1.165, 1.54) is 0 Å². The van der Waals surface area contributed by atoms with E-state index in [9.17, 15) is 9.18 Å². The predicted molar refractivity (Wildman–Crippen MR) is 135 cm³/mol. The highest BCUT2D eigenvalue weighted by molar-refractivity contribution is 5.94. The molecule has 7 nitrogen and oxygen atoms in total. The van der Waals surface area contributed by atoms with Gasteiger partial charge in [-0.3, -0.25) is 10.2 Å². The van der Waals surface area contributed by atoms with Gasteiger partial charge in [-0.15, -0.1) is 12.4 Å². The minimum Gasteiger partial charge on any atom is -0.494 e. The van der Waals surface area contributed by atoms with Gasteiger partial charge in [-0.05, 0) is 43.7 Å². The summed E-state index contributed by atoms with van der Waals surface area (Å²) in [4.78, 5) is 12.9. The number of benzene rings is 3. The molecule has 36 heavy (non-hydrogen) atoms. The fourth-order valence-corrected chi connectivity index (χ4v) is 3.33. The summed E-state index contributed by atoms with van der Waals surface area (Å²) in [6.07, 6.45) is -1.53. The summed E-state index contributed by atoms with van der Waals surface area (Å²) in [6.45, 7) is 4.04. The van der Waals surface area contributed by atoms with Gasteiger partial charge >= 0.3 is 0 Å². The highest BCUT2D eigenvalue weighted by atomic mass is 35.5. The maximum Gasteiger partial charge on any atom is 0.254 e. The molecule has 0 aliphatic carbocycles. The van der Waals surface area contributed by atoms with Crippen molar-refractivity contribution in [3.63, 3.8) is 0 Å². The lowest BCUT2D eigenvalue weighted by Gasteiger charge is -2.20. The summed E-state index contributed by atoms with van der Waals surface area (Å²) in [5, 5.41) is 10.1. The van der Waals surface area contributed by atoms with E-state index in [1.807, 2.05) is 6.92 Å². The van der Waals surface area contributed by atoms with Gasteiger partial charge in [0.2, 0.25) is 0 Å². The zero-order chi connectivity index (χ0) is 25.4.